The lowest BCUT2D eigenvalue weighted by Crippen LogP contribution is -2.50. The lowest BCUT2D eigenvalue weighted by molar-refractivity contribution is -0.133. The van der Waals surface area contributed by atoms with Crippen molar-refractivity contribution >= 4 is 40.3 Å². The number of nitrogens with zero attached hydrogens (tertiary/aromatic N) is 5. The molecule has 1 fully saturated rings. The predicted molar refractivity (Wildman–Crippen MR) is 135 cm³/mol. The van der Waals surface area contributed by atoms with Gasteiger partial charge in [0.05, 0.1) is 11.2 Å². The number of rotatable bonds is 5. The van der Waals surface area contributed by atoms with Gasteiger partial charge in [-0.15, -0.1) is 0 Å². The van der Waals surface area contributed by atoms with E-state index in [1.54, 1.807) is 53.4 Å². The molecule has 5 rings (SSSR count). The van der Waals surface area contributed by atoms with Crippen LogP contribution in [0.15, 0.2) is 60.7 Å². The number of pyridine rings is 1. The summed E-state index contributed by atoms with van der Waals surface area (Å²) in [6, 6.07) is 17.5. The summed E-state index contributed by atoms with van der Waals surface area (Å²) < 4.78 is 5.60. The first-order valence-corrected chi connectivity index (χ1v) is 11.5. The van der Waals surface area contributed by atoms with Crippen molar-refractivity contribution in [3.05, 3.63) is 65.7 Å². The van der Waals surface area contributed by atoms with Crippen molar-refractivity contribution in [2.45, 2.75) is 0 Å². The second-order valence-corrected chi connectivity index (χ2v) is 8.56. The van der Waals surface area contributed by atoms with Gasteiger partial charge in [-0.25, -0.2) is 9.97 Å². The van der Waals surface area contributed by atoms with Crippen LogP contribution < -0.4 is 15.4 Å². The third-order valence-corrected chi connectivity index (χ3v) is 6.06. The van der Waals surface area contributed by atoms with Crippen LogP contribution in [0.25, 0.3) is 22.3 Å². The lowest BCUT2D eigenvalue weighted by atomic mass is 10.1. The van der Waals surface area contributed by atoms with E-state index in [1.807, 2.05) is 12.1 Å². The molecule has 1 saturated heterocycles. The molecular weight excluding hydrogens is 468 g/mol. The number of amides is 1. The molecular formula is C25H23ClN6O3. The second-order valence-electron chi connectivity index (χ2n) is 8.13. The number of phenolic OH excluding ortho intramolecular Hbond substituents is 1. The van der Waals surface area contributed by atoms with Gasteiger partial charge in [0.1, 0.15) is 17.0 Å². The highest BCUT2D eigenvalue weighted by Crippen LogP contribution is 2.28. The SMILES string of the molecule is Nc1nc(N2CCN(C(=O)COc3ccc(Cl)cc3)CC2)c2nc(-c3ccc(O)cc3)ccc2n1. The van der Waals surface area contributed by atoms with Crippen LogP contribution in [0.1, 0.15) is 0 Å². The number of ether oxygens (including phenoxy) is 1. The highest BCUT2D eigenvalue weighted by molar-refractivity contribution is 6.30. The molecule has 0 spiro atoms. The minimum atomic E-state index is -0.0839. The number of benzene rings is 2. The van der Waals surface area contributed by atoms with Gasteiger partial charge in [-0.3, -0.25) is 4.79 Å². The van der Waals surface area contributed by atoms with E-state index >= 15 is 0 Å². The molecule has 10 heteroatoms. The fourth-order valence-electron chi connectivity index (χ4n) is 3.96. The van der Waals surface area contributed by atoms with Gasteiger partial charge < -0.3 is 25.4 Å². The molecule has 9 nitrogen and oxygen atoms in total. The largest absolute Gasteiger partial charge is 0.508 e. The molecule has 0 saturated carbocycles. The van der Waals surface area contributed by atoms with Gasteiger partial charge in [0.25, 0.3) is 5.91 Å². The van der Waals surface area contributed by atoms with E-state index in [0.29, 0.717) is 53.8 Å². The number of halogens is 1. The minimum Gasteiger partial charge on any atom is -0.508 e. The highest BCUT2D eigenvalue weighted by Gasteiger charge is 2.24. The third-order valence-electron chi connectivity index (χ3n) is 5.81. The molecule has 0 atom stereocenters. The van der Waals surface area contributed by atoms with Crippen molar-refractivity contribution in [2.24, 2.45) is 0 Å². The molecule has 178 valence electrons. The zero-order valence-electron chi connectivity index (χ0n) is 18.8. The Bertz CT molecular complexity index is 1360. The second kappa shape index (κ2) is 9.63. The first kappa shape index (κ1) is 22.7. The molecule has 1 amide bonds. The Hall–Kier alpha value is -4.11. The molecule has 0 radical (unpaired) electrons. The molecule has 0 aliphatic carbocycles. The van der Waals surface area contributed by atoms with E-state index in [1.165, 1.54) is 0 Å². The van der Waals surface area contributed by atoms with Crippen molar-refractivity contribution in [1.29, 1.82) is 0 Å². The van der Waals surface area contributed by atoms with Crippen molar-refractivity contribution in [3.63, 3.8) is 0 Å². The van der Waals surface area contributed by atoms with Crippen molar-refractivity contribution in [3.8, 4) is 22.8 Å². The van der Waals surface area contributed by atoms with E-state index in [4.69, 9.17) is 27.1 Å². The number of carbonyl (C=O) groups excluding carboxylic acids is 1. The number of anilines is 2. The van der Waals surface area contributed by atoms with Crippen LogP contribution in [-0.4, -0.2) is 63.7 Å². The number of nitrogen functional groups attached to an aromatic ring is 1. The van der Waals surface area contributed by atoms with Crippen molar-refractivity contribution in [2.75, 3.05) is 43.4 Å². The van der Waals surface area contributed by atoms with Crippen LogP contribution in [0.4, 0.5) is 11.8 Å². The van der Waals surface area contributed by atoms with Crippen LogP contribution in [-0.2, 0) is 4.79 Å². The lowest BCUT2D eigenvalue weighted by Gasteiger charge is -2.35. The smallest absolute Gasteiger partial charge is 0.260 e. The highest BCUT2D eigenvalue weighted by atomic mass is 35.5. The molecule has 0 unspecified atom stereocenters. The molecule has 1 aliphatic heterocycles. The minimum absolute atomic E-state index is 0.0391. The van der Waals surface area contributed by atoms with Gasteiger partial charge in [-0.05, 0) is 60.7 Å². The first-order chi connectivity index (χ1) is 17.0. The van der Waals surface area contributed by atoms with Crippen LogP contribution in [0.3, 0.4) is 0 Å². The fraction of sp³-hybridized carbons (Fsp3) is 0.200. The first-order valence-electron chi connectivity index (χ1n) is 11.1. The Morgan fingerprint density at radius 3 is 2.37 bits per heavy atom. The van der Waals surface area contributed by atoms with Crippen molar-refractivity contribution in [1.82, 2.24) is 19.9 Å². The number of hydrogen-bond donors (Lipinski definition) is 2. The number of aromatic hydroxyl groups is 1. The van der Waals surface area contributed by atoms with Gasteiger partial charge >= 0.3 is 0 Å². The van der Waals surface area contributed by atoms with Crippen LogP contribution in [0.2, 0.25) is 5.02 Å². The molecule has 2 aromatic heterocycles. The van der Waals surface area contributed by atoms with Gasteiger partial charge in [0.15, 0.2) is 12.4 Å². The Labute approximate surface area is 206 Å². The summed E-state index contributed by atoms with van der Waals surface area (Å²) >= 11 is 5.89. The van der Waals surface area contributed by atoms with E-state index < -0.39 is 0 Å². The average molecular weight is 491 g/mol. The number of fused-ring (bicyclic) bond motifs is 1. The quantitative estimate of drug-likeness (QED) is 0.437. The van der Waals surface area contributed by atoms with E-state index in [0.717, 1.165) is 11.3 Å². The van der Waals surface area contributed by atoms with Crippen LogP contribution >= 0.6 is 11.6 Å². The normalized spacial score (nSPS) is 13.7. The Morgan fingerprint density at radius 1 is 0.943 bits per heavy atom. The maximum absolute atomic E-state index is 12.7. The Morgan fingerprint density at radius 2 is 1.66 bits per heavy atom. The zero-order valence-corrected chi connectivity index (χ0v) is 19.5. The summed E-state index contributed by atoms with van der Waals surface area (Å²) in [6.45, 7) is 2.15. The van der Waals surface area contributed by atoms with Gasteiger partial charge in [-0.2, -0.15) is 4.98 Å². The van der Waals surface area contributed by atoms with E-state index in [-0.39, 0.29) is 24.2 Å². The van der Waals surface area contributed by atoms with E-state index in [2.05, 4.69) is 14.9 Å². The Kier molecular flexibility index (Phi) is 6.24. The average Bonchev–Trinajstić information content (AvgIpc) is 2.88. The molecule has 3 N–H and O–H groups in total. The number of nitrogens with two attached hydrogens (primary N) is 1. The predicted octanol–water partition coefficient (Wildman–Crippen LogP) is 3.36. The molecule has 35 heavy (non-hydrogen) atoms. The number of phenols is 1. The summed E-state index contributed by atoms with van der Waals surface area (Å²) in [7, 11) is 0. The van der Waals surface area contributed by atoms with Crippen LogP contribution in [0.5, 0.6) is 11.5 Å². The fourth-order valence-corrected chi connectivity index (χ4v) is 4.09. The number of piperazine rings is 1. The third kappa shape index (κ3) is 5.04. The maximum Gasteiger partial charge on any atom is 0.260 e. The summed E-state index contributed by atoms with van der Waals surface area (Å²) in [5.74, 6) is 1.51. The Balaban J connectivity index is 1.30. The monoisotopic (exact) mass is 490 g/mol. The molecule has 1 aliphatic rings. The molecule has 3 heterocycles. The summed E-state index contributed by atoms with van der Waals surface area (Å²) in [6.07, 6.45) is 0. The topological polar surface area (TPSA) is 118 Å². The van der Waals surface area contributed by atoms with Gasteiger partial charge in [0.2, 0.25) is 5.95 Å². The number of hydrogen-bond acceptors (Lipinski definition) is 8. The number of carbonyl (C=O) groups is 1. The molecule has 2 aromatic carbocycles. The van der Waals surface area contributed by atoms with Crippen molar-refractivity contribution < 1.29 is 14.6 Å². The number of aromatic nitrogens is 3. The standard InChI is InChI=1S/C25H23ClN6O3/c26-17-3-7-19(8-4-17)35-15-22(34)31-11-13-32(14-12-31)24-23-21(29-25(27)30-24)10-9-20(28-23)16-1-5-18(33)6-2-16/h1-10,33H,11-15H2,(H2,27,29,30). The summed E-state index contributed by atoms with van der Waals surface area (Å²) in [5.41, 5.74) is 8.86. The van der Waals surface area contributed by atoms with Crippen LogP contribution in [0, 0.1) is 0 Å². The summed E-state index contributed by atoms with van der Waals surface area (Å²) in [5, 5.41) is 10.2. The van der Waals surface area contributed by atoms with Gasteiger partial charge in [-0.1, -0.05) is 11.6 Å². The van der Waals surface area contributed by atoms with Gasteiger partial charge in [0, 0.05) is 36.8 Å². The molecule has 0 bridgehead atoms. The maximum atomic E-state index is 12.7. The molecule has 4 aromatic rings. The summed E-state index contributed by atoms with van der Waals surface area (Å²) in [4.78, 5) is 30.1. The zero-order chi connectivity index (χ0) is 24.4. The van der Waals surface area contributed by atoms with E-state index in [9.17, 15) is 9.90 Å².